The first kappa shape index (κ1) is 20.9. The molecule has 0 aromatic heterocycles. The number of rotatable bonds is 5. The summed E-state index contributed by atoms with van der Waals surface area (Å²) in [5.41, 5.74) is 4.05. The predicted molar refractivity (Wildman–Crippen MR) is 125 cm³/mol. The summed E-state index contributed by atoms with van der Waals surface area (Å²) in [4.78, 5) is 29.5. The molecule has 0 atom stereocenters. The lowest BCUT2D eigenvalue weighted by Crippen LogP contribution is -2.49. The summed E-state index contributed by atoms with van der Waals surface area (Å²) >= 11 is 5.96. The molecule has 1 heterocycles. The number of anilines is 2. The van der Waals surface area contributed by atoms with E-state index in [-0.39, 0.29) is 11.9 Å². The van der Waals surface area contributed by atoms with Crippen molar-refractivity contribution < 1.29 is 9.59 Å². The van der Waals surface area contributed by atoms with Gasteiger partial charge < -0.3 is 10.2 Å². The Bertz CT molecular complexity index is 1100. The highest BCUT2D eigenvalue weighted by molar-refractivity contribution is 6.30. The molecule has 0 spiro atoms. The number of nitrogens with zero attached hydrogens (tertiary/aromatic N) is 2. The Morgan fingerprint density at radius 1 is 1.00 bits per heavy atom. The van der Waals surface area contributed by atoms with Gasteiger partial charge in [-0.15, -0.1) is 0 Å². The molecular formula is C25H24ClN3O2. The molecular weight excluding hydrogens is 410 g/mol. The van der Waals surface area contributed by atoms with Gasteiger partial charge in [-0.2, -0.15) is 0 Å². The van der Waals surface area contributed by atoms with Gasteiger partial charge >= 0.3 is 6.03 Å². The van der Waals surface area contributed by atoms with Crippen LogP contribution < -0.4 is 10.2 Å². The van der Waals surface area contributed by atoms with E-state index in [0.717, 1.165) is 28.9 Å². The first-order valence-electron chi connectivity index (χ1n) is 10.3. The minimum atomic E-state index is -0.196. The summed E-state index contributed by atoms with van der Waals surface area (Å²) < 4.78 is 0. The van der Waals surface area contributed by atoms with Gasteiger partial charge in [0, 0.05) is 41.6 Å². The number of carbonyl (C=O) groups excluding carboxylic acids is 2. The van der Waals surface area contributed by atoms with Gasteiger partial charge in [0.1, 0.15) is 0 Å². The van der Waals surface area contributed by atoms with E-state index >= 15 is 0 Å². The van der Waals surface area contributed by atoms with E-state index in [2.05, 4.69) is 5.32 Å². The Kier molecular flexibility index (Phi) is 6.23. The quantitative estimate of drug-likeness (QED) is 0.558. The highest BCUT2D eigenvalue weighted by Gasteiger charge is 2.27. The van der Waals surface area contributed by atoms with Crippen molar-refractivity contribution in [2.24, 2.45) is 0 Å². The predicted octanol–water partition coefficient (Wildman–Crippen LogP) is 5.73. The van der Waals surface area contributed by atoms with Crippen molar-refractivity contribution in [3.63, 3.8) is 0 Å². The molecule has 1 fully saturated rings. The van der Waals surface area contributed by atoms with Gasteiger partial charge in [0.05, 0.1) is 0 Å². The van der Waals surface area contributed by atoms with Crippen molar-refractivity contribution in [3.8, 4) is 0 Å². The van der Waals surface area contributed by atoms with E-state index in [9.17, 15) is 9.59 Å². The fourth-order valence-electron chi connectivity index (χ4n) is 3.70. The maximum Gasteiger partial charge on any atom is 0.324 e. The molecule has 0 unspecified atom stereocenters. The Labute approximate surface area is 187 Å². The number of halogens is 1. The minimum absolute atomic E-state index is 0.0577. The zero-order chi connectivity index (χ0) is 21.8. The molecule has 1 saturated heterocycles. The molecule has 3 aromatic carbocycles. The molecule has 0 saturated carbocycles. The van der Waals surface area contributed by atoms with Crippen LogP contribution in [0, 0.1) is 6.92 Å². The summed E-state index contributed by atoms with van der Waals surface area (Å²) in [5, 5.41) is 3.63. The number of aryl methyl sites for hydroxylation is 1. The molecule has 1 aliphatic rings. The van der Waals surface area contributed by atoms with Crippen molar-refractivity contribution in [1.29, 1.82) is 0 Å². The van der Waals surface area contributed by atoms with Crippen LogP contribution in [0.5, 0.6) is 0 Å². The van der Waals surface area contributed by atoms with Gasteiger partial charge in [0.15, 0.2) is 0 Å². The van der Waals surface area contributed by atoms with E-state index in [1.807, 2.05) is 72.5 Å². The van der Waals surface area contributed by atoms with Gasteiger partial charge in [-0.3, -0.25) is 9.69 Å². The Hall–Kier alpha value is -3.31. The highest BCUT2D eigenvalue weighted by Crippen LogP contribution is 2.24. The Morgan fingerprint density at radius 2 is 1.77 bits per heavy atom. The van der Waals surface area contributed by atoms with Gasteiger partial charge in [-0.05, 0) is 60.9 Å². The summed E-state index contributed by atoms with van der Waals surface area (Å²) in [6, 6.07) is 22.3. The number of para-hydroxylation sites is 1. The van der Waals surface area contributed by atoms with Crippen LogP contribution in [0.1, 0.15) is 27.9 Å². The highest BCUT2D eigenvalue weighted by atomic mass is 35.5. The fraction of sp³-hybridized carbons (Fsp3) is 0.200. The van der Waals surface area contributed by atoms with Crippen LogP contribution >= 0.6 is 11.6 Å². The number of hydrogen-bond acceptors (Lipinski definition) is 2. The Morgan fingerprint density at radius 3 is 2.55 bits per heavy atom. The van der Waals surface area contributed by atoms with Crippen molar-refractivity contribution in [2.75, 3.05) is 23.3 Å². The summed E-state index contributed by atoms with van der Waals surface area (Å²) in [5.74, 6) is -0.196. The van der Waals surface area contributed by atoms with Crippen molar-refractivity contribution >= 4 is 34.9 Å². The third-order valence-corrected chi connectivity index (χ3v) is 5.66. The van der Waals surface area contributed by atoms with Crippen molar-refractivity contribution in [1.82, 2.24) is 4.90 Å². The zero-order valence-electron chi connectivity index (χ0n) is 17.3. The average molecular weight is 434 g/mol. The van der Waals surface area contributed by atoms with Crippen LogP contribution in [0.3, 0.4) is 0 Å². The molecule has 4 rings (SSSR count). The van der Waals surface area contributed by atoms with Crippen LogP contribution in [0.25, 0.3) is 0 Å². The monoisotopic (exact) mass is 433 g/mol. The van der Waals surface area contributed by atoms with Crippen LogP contribution in [0.15, 0.2) is 72.8 Å². The molecule has 31 heavy (non-hydrogen) atoms. The number of hydrogen-bond donors (Lipinski definition) is 1. The molecule has 3 amide bonds. The van der Waals surface area contributed by atoms with E-state index in [1.54, 1.807) is 17.0 Å². The Balaban J connectivity index is 1.49. The lowest BCUT2D eigenvalue weighted by molar-refractivity contribution is 0.102. The second-order valence-corrected chi connectivity index (χ2v) is 8.09. The average Bonchev–Trinajstić information content (AvgIpc) is 2.78. The number of benzene rings is 3. The number of nitrogens with one attached hydrogen (secondary N) is 1. The lowest BCUT2D eigenvalue weighted by atomic mass is 10.1. The minimum Gasteiger partial charge on any atom is -0.322 e. The van der Waals surface area contributed by atoms with Gasteiger partial charge in [-0.1, -0.05) is 48.0 Å². The second kappa shape index (κ2) is 9.23. The first-order chi connectivity index (χ1) is 15.0. The maximum atomic E-state index is 13.1. The molecule has 5 nitrogen and oxygen atoms in total. The third-order valence-electron chi connectivity index (χ3n) is 5.41. The maximum absolute atomic E-state index is 13.1. The largest absolute Gasteiger partial charge is 0.324 e. The molecule has 0 radical (unpaired) electrons. The zero-order valence-corrected chi connectivity index (χ0v) is 18.1. The van der Waals surface area contributed by atoms with Crippen molar-refractivity contribution in [2.45, 2.75) is 19.9 Å². The van der Waals surface area contributed by atoms with E-state index < -0.39 is 0 Å². The number of urea groups is 1. The summed E-state index contributed by atoms with van der Waals surface area (Å²) in [6.07, 6.45) is 0.860. The normalized spacial score (nSPS) is 13.9. The van der Waals surface area contributed by atoms with E-state index in [1.165, 1.54) is 0 Å². The van der Waals surface area contributed by atoms with E-state index in [0.29, 0.717) is 30.2 Å². The molecule has 158 valence electrons. The van der Waals surface area contributed by atoms with Crippen LogP contribution in [-0.2, 0) is 6.54 Å². The molecule has 1 N–H and O–H groups in total. The van der Waals surface area contributed by atoms with E-state index in [4.69, 9.17) is 11.6 Å². The first-order valence-corrected chi connectivity index (χ1v) is 10.7. The fourth-order valence-corrected chi connectivity index (χ4v) is 3.83. The molecule has 0 bridgehead atoms. The third kappa shape index (κ3) is 4.89. The number of carbonyl (C=O) groups is 2. The van der Waals surface area contributed by atoms with Gasteiger partial charge in [0.25, 0.3) is 5.91 Å². The molecule has 0 aliphatic carbocycles. The van der Waals surface area contributed by atoms with Gasteiger partial charge in [0.2, 0.25) is 0 Å². The molecule has 6 heteroatoms. The van der Waals surface area contributed by atoms with Crippen molar-refractivity contribution in [3.05, 3.63) is 94.5 Å². The molecule has 3 aromatic rings. The van der Waals surface area contributed by atoms with Crippen LogP contribution in [-0.4, -0.2) is 29.9 Å². The smallest absolute Gasteiger partial charge is 0.322 e. The topological polar surface area (TPSA) is 52.7 Å². The van der Waals surface area contributed by atoms with Crippen LogP contribution in [0.2, 0.25) is 5.02 Å². The van der Waals surface area contributed by atoms with Crippen LogP contribution in [0.4, 0.5) is 16.2 Å². The summed E-state index contributed by atoms with van der Waals surface area (Å²) in [6.45, 7) is 3.80. The second-order valence-electron chi connectivity index (χ2n) is 7.66. The number of amides is 3. The van der Waals surface area contributed by atoms with Gasteiger partial charge in [-0.25, -0.2) is 4.79 Å². The summed E-state index contributed by atoms with van der Waals surface area (Å²) in [7, 11) is 0. The standard InChI is InChI=1S/C25H24ClN3O2/c1-18-6-2-3-9-23(18)27-24(30)20-7-4-8-22(16-20)29-15-5-14-28(25(29)31)17-19-10-12-21(26)13-11-19/h2-4,6-13,16H,5,14-15,17H2,1H3,(H,27,30). The molecule has 1 aliphatic heterocycles. The lowest BCUT2D eigenvalue weighted by Gasteiger charge is -2.35. The SMILES string of the molecule is Cc1ccccc1NC(=O)c1cccc(N2CCCN(Cc3ccc(Cl)cc3)C2=O)c1.